The maximum Gasteiger partial charge on any atom is 0.120 e. The topological polar surface area (TPSA) is 61.0 Å². The van der Waals surface area contributed by atoms with Crippen molar-refractivity contribution in [3.05, 3.63) is 52.8 Å². The van der Waals surface area contributed by atoms with Crippen molar-refractivity contribution >= 4 is 11.6 Å². The van der Waals surface area contributed by atoms with Gasteiger partial charge in [-0.25, -0.2) is 0 Å². The molecule has 2 aromatic rings. The van der Waals surface area contributed by atoms with Crippen LogP contribution in [0.25, 0.3) is 0 Å². The van der Waals surface area contributed by atoms with Crippen LogP contribution in [0.5, 0.6) is 5.75 Å². The highest BCUT2D eigenvalue weighted by Crippen LogP contribution is 2.31. The first-order valence-electron chi connectivity index (χ1n) is 5.57. The summed E-state index contributed by atoms with van der Waals surface area (Å²) in [5.41, 5.74) is 7.56. The number of nitrogens with two attached hydrogens (primary N) is 1. The molecule has 0 saturated carbocycles. The van der Waals surface area contributed by atoms with Gasteiger partial charge in [0.15, 0.2) is 0 Å². The number of halogens is 1. The fourth-order valence-electron chi connectivity index (χ4n) is 1.82. The van der Waals surface area contributed by atoms with E-state index in [-0.39, 0.29) is 5.92 Å². The highest BCUT2D eigenvalue weighted by Gasteiger charge is 2.17. The molecule has 94 valence electrons. The van der Waals surface area contributed by atoms with Crippen LogP contribution in [0, 0.1) is 0 Å². The summed E-state index contributed by atoms with van der Waals surface area (Å²) in [7, 11) is 1.61. The molecule has 1 unspecified atom stereocenters. The Kier molecular flexibility index (Phi) is 4.12. The zero-order chi connectivity index (χ0) is 13.0. The molecule has 0 aliphatic rings. The van der Waals surface area contributed by atoms with E-state index in [1.807, 2.05) is 24.3 Å². The van der Waals surface area contributed by atoms with Crippen molar-refractivity contribution in [3.8, 4) is 5.75 Å². The fraction of sp³-hybridized carbons (Fsp3) is 0.231. The first kappa shape index (κ1) is 12.8. The highest BCUT2D eigenvalue weighted by atomic mass is 35.5. The van der Waals surface area contributed by atoms with Crippen LogP contribution < -0.4 is 10.5 Å². The van der Waals surface area contributed by atoms with Crippen molar-refractivity contribution in [2.75, 3.05) is 13.7 Å². The van der Waals surface area contributed by atoms with Gasteiger partial charge in [0.25, 0.3) is 0 Å². The van der Waals surface area contributed by atoms with Gasteiger partial charge in [-0.05, 0) is 29.8 Å². The number of rotatable bonds is 4. The second-order valence-electron chi connectivity index (χ2n) is 3.82. The Morgan fingerprint density at radius 1 is 1.39 bits per heavy atom. The van der Waals surface area contributed by atoms with Gasteiger partial charge in [-0.15, -0.1) is 0 Å². The minimum Gasteiger partial charge on any atom is -0.497 e. The predicted molar refractivity (Wildman–Crippen MR) is 70.9 cm³/mol. The first-order valence-corrected chi connectivity index (χ1v) is 5.95. The summed E-state index contributed by atoms with van der Waals surface area (Å²) >= 11 is 6.25. The van der Waals surface area contributed by atoms with Crippen LogP contribution >= 0.6 is 11.6 Å². The summed E-state index contributed by atoms with van der Waals surface area (Å²) in [4.78, 5) is 0. The van der Waals surface area contributed by atoms with E-state index >= 15 is 0 Å². The number of ether oxygens (including phenoxy) is 1. The molecular weight excluding hydrogens is 250 g/mol. The monoisotopic (exact) mass is 263 g/mol. The SMILES string of the molecule is COc1ccc(C(CN)c2cccnn2)c(Cl)c1. The lowest BCUT2D eigenvalue weighted by atomic mass is 9.95. The molecule has 1 heterocycles. The Labute approximate surface area is 111 Å². The van der Waals surface area contributed by atoms with E-state index in [0.717, 1.165) is 17.0 Å². The van der Waals surface area contributed by atoms with Crippen molar-refractivity contribution in [3.63, 3.8) is 0 Å². The number of aromatic nitrogens is 2. The van der Waals surface area contributed by atoms with Crippen molar-refractivity contribution in [2.45, 2.75) is 5.92 Å². The molecule has 2 rings (SSSR count). The van der Waals surface area contributed by atoms with Gasteiger partial charge >= 0.3 is 0 Å². The van der Waals surface area contributed by atoms with E-state index in [9.17, 15) is 0 Å². The van der Waals surface area contributed by atoms with E-state index in [0.29, 0.717) is 11.6 Å². The third kappa shape index (κ3) is 2.60. The van der Waals surface area contributed by atoms with E-state index in [4.69, 9.17) is 22.1 Å². The van der Waals surface area contributed by atoms with Gasteiger partial charge in [-0.1, -0.05) is 17.7 Å². The smallest absolute Gasteiger partial charge is 0.120 e. The van der Waals surface area contributed by atoms with E-state index in [1.165, 1.54) is 0 Å². The van der Waals surface area contributed by atoms with Crippen LogP contribution in [0.4, 0.5) is 0 Å². The number of hydrogen-bond donors (Lipinski definition) is 1. The van der Waals surface area contributed by atoms with Crippen LogP contribution in [-0.2, 0) is 0 Å². The molecule has 18 heavy (non-hydrogen) atoms. The molecule has 0 aliphatic heterocycles. The Hall–Kier alpha value is -1.65. The van der Waals surface area contributed by atoms with Crippen LogP contribution in [0.2, 0.25) is 5.02 Å². The molecule has 5 heteroatoms. The summed E-state index contributed by atoms with van der Waals surface area (Å²) in [5, 5.41) is 8.58. The Bertz CT molecular complexity index is 519. The maximum atomic E-state index is 6.25. The standard InChI is InChI=1S/C13H14ClN3O/c1-18-9-4-5-10(12(14)7-9)11(8-15)13-3-2-6-16-17-13/h2-7,11H,8,15H2,1H3. The Balaban J connectivity index is 2.39. The summed E-state index contributed by atoms with van der Waals surface area (Å²) in [6.07, 6.45) is 1.63. The van der Waals surface area contributed by atoms with E-state index < -0.39 is 0 Å². The molecule has 4 nitrogen and oxygen atoms in total. The number of benzene rings is 1. The summed E-state index contributed by atoms with van der Waals surface area (Å²) < 4.78 is 5.13. The minimum atomic E-state index is -0.0582. The van der Waals surface area contributed by atoms with Crippen LogP contribution in [0.15, 0.2) is 36.5 Å². The third-order valence-corrected chi connectivity index (χ3v) is 3.10. The van der Waals surface area contributed by atoms with Gasteiger partial charge < -0.3 is 10.5 Å². The molecule has 2 N–H and O–H groups in total. The third-order valence-electron chi connectivity index (χ3n) is 2.77. The average molecular weight is 264 g/mol. The van der Waals surface area contributed by atoms with Crippen LogP contribution in [0.1, 0.15) is 17.2 Å². The lowest BCUT2D eigenvalue weighted by Gasteiger charge is -2.16. The van der Waals surface area contributed by atoms with Crippen LogP contribution in [0.3, 0.4) is 0 Å². The zero-order valence-corrected chi connectivity index (χ0v) is 10.8. The molecular formula is C13H14ClN3O. The summed E-state index contributed by atoms with van der Waals surface area (Å²) in [5.74, 6) is 0.663. The highest BCUT2D eigenvalue weighted by molar-refractivity contribution is 6.31. The maximum absolute atomic E-state index is 6.25. The summed E-state index contributed by atoms with van der Waals surface area (Å²) in [6.45, 7) is 0.421. The van der Waals surface area contributed by atoms with Crippen molar-refractivity contribution in [1.29, 1.82) is 0 Å². The molecule has 0 aliphatic carbocycles. The number of methoxy groups -OCH3 is 1. The van der Waals surface area contributed by atoms with E-state index in [2.05, 4.69) is 10.2 Å². The van der Waals surface area contributed by atoms with E-state index in [1.54, 1.807) is 19.4 Å². The molecule has 1 atom stereocenters. The number of nitrogens with zero attached hydrogens (tertiary/aromatic N) is 2. The van der Waals surface area contributed by atoms with Crippen molar-refractivity contribution < 1.29 is 4.74 Å². The van der Waals surface area contributed by atoms with Gasteiger partial charge in [0.1, 0.15) is 5.75 Å². The molecule has 1 aromatic heterocycles. The lowest BCUT2D eigenvalue weighted by molar-refractivity contribution is 0.414. The molecule has 0 spiro atoms. The van der Waals surface area contributed by atoms with Gasteiger partial charge in [-0.2, -0.15) is 10.2 Å². The van der Waals surface area contributed by atoms with Crippen molar-refractivity contribution in [2.24, 2.45) is 5.73 Å². The second kappa shape index (κ2) is 5.80. The minimum absolute atomic E-state index is 0.0582. The quantitative estimate of drug-likeness (QED) is 0.919. The molecule has 0 saturated heterocycles. The zero-order valence-electron chi connectivity index (χ0n) is 10.0. The number of hydrogen-bond acceptors (Lipinski definition) is 4. The van der Waals surface area contributed by atoms with Gasteiger partial charge in [-0.3, -0.25) is 0 Å². The molecule has 0 radical (unpaired) electrons. The first-order chi connectivity index (χ1) is 8.76. The predicted octanol–water partition coefficient (Wildman–Crippen LogP) is 2.23. The van der Waals surface area contributed by atoms with Crippen molar-refractivity contribution in [1.82, 2.24) is 10.2 Å². The van der Waals surface area contributed by atoms with Crippen LogP contribution in [-0.4, -0.2) is 23.9 Å². The molecule has 0 bridgehead atoms. The largest absolute Gasteiger partial charge is 0.497 e. The van der Waals surface area contributed by atoms with Gasteiger partial charge in [0, 0.05) is 23.7 Å². The second-order valence-corrected chi connectivity index (χ2v) is 4.23. The molecule has 1 aromatic carbocycles. The lowest BCUT2D eigenvalue weighted by Crippen LogP contribution is -2.16. The Morgan fingerprint density at radius 2 is 2.22 bits per heavy atom. The molecule has 0 amide bonds. The fourth-order valence-corrected chi connectivity index (χ4v) is 2.13. The Morgan fingerprint density at radius 3 is 2.78 bits per heavy atom. The average Bonchev–Trinajstić information content (AvgIpc) is 2.42. The van der Waals surface area contributed by atoms with Gasteiger partial charge in [0.05, 0.1) is 12.8 Å². The summed E-state index contributed by atoms with van der Waals surface area (Å²) in [6, 6.07) is 9.27. The molecule has 0 fully saturated rings. The normalized spacial score (nSPS) is 12.2. The van der Waals surface area contributed by atoms with Gasteiger partial charge in [0.2, 0.25) is 0 Å².